The molecule has 0 aliphatic carbocycles. The average molecular weight is 295 g/mol. The van der Waals surface area contributed by atoms with Crippen LogP contribution in [0.2, 0.25) is 5.02 Å². The van der Waals surface area contributed by atoms with Gasteiger partial charge in [-0.2, -0.15) is 0 Å². The predicted octanol–water partition coefficient (Wildman–Crippen LogP) is 2.81. The van der Waals surface area contributed by atoms with E-state index in [1.54, 1.807) is 6.07 Å². The predicted molar refractivity (Wildman–Crippen MR) is 73.4 cm³/mol. The fourth-order valence-electron chi connectivity index (χ4n) is 1.68. The third-order valence-corrected chi connectivity index (χ3v) is 2.93. The van der Waals surface area contributed by atoms with Crippen molar-refractivity contribution in [1.82, 2.24) is 10.3 Å². The molecule has 1 aromatic carbocycles. The van der Waals surface area contributed by atoms with Crippen LogP contribution in [0.1, 0.15) is 15.9 Å². The summed E-state index contributed by atoms with van der Waals surface area (Å²) in [6, 6.07) is 5.76. The molecule has 1 amide bonds. The van der Waals surface area contributed by atoms with Gasteiger partial charge in [0.1, 0.15) is 11.6 Å². The normalized spacial score (nSPS) is 10.2. The zero-order valence-corrected chi connectivity index (χ0v) is 11.4. The Morgan fingerprint density at radius 3 is 3.00 bits per heavy atom. The van der Waals surface area contributed by atoms with Gasteiger partial charge in [0.15, 0.2) is 0 Å². The van der Waals surface area contributed by atoms with Crippen LogP contribution in [0.4, 0.5) is 4.39 Å². The van der Waals surface area contributed by atoms with Crippen molar-refractivity contribution in [1.29, 1.82) is 0 Å². The van der Waals surface area contributed by atoms with Crippen molar-refractivity contribution < 1.29 is 13.9 Å². The molecular formula is C14H12ClFN2O2. The van der Waals surface area contributed by atoms with Crippen LogP contribution >= 0.6 is 11.6 Å². The molecule has 0 saturated heterocycles. The van der Waals surface area contributed by atoms with Gasteiger partial charge in [-0.1, -0.05) is 11.6 Å². The van der Waals surface area contributed by atoms with Crippen LogP contribution in [-0.4, -0.2) is 18.0 Å². The van der Waals surface area contributed by atoms with Gasteiger partial charge in [-0.25, -0.2) is 4.39 Å². The van der Waals surface area contributed by atoms with Crippen molar-refractivity contribution in [2.75, 3.05) is 7.11 Å². The largest absolute Gasteiger partial charge is 0.496 e. The molecule has 2 aromatic rings. The van der Waals surface area contributed by atoms with Gasteiger partial charge in [-0.15, -0.1) is 0 Å². The van der Waals surface area contributed by atoms with Gasteiger partial charge >= 0.3 is 0 Å². The molecule has 20 heavy (non-hydrogen) atoms. The van der Waals surface area contributed by atoms with Gasteiger partial charge in [0.05, 0.1) is 12.7 Å². The van der Waals surface area contributed by atoms with Gasteiger partial charge in [-0.05, 0) is 24.3 Å². The maximum Gasteiger partial charge on any atom is 0.256 e. The van der Waals surface area contributed by atoms with Crippen molar-refractivity contribution in [3.8, 4) is 5.75 Å². The monoisotopic (exact) mass is 294 g/mol. The van der Waals surface area contributed by atoms with Gasteiger partial charge in [0.25, 0.3) is 5.91 Å². The van der Waals surface area contributed by atoms with Crippen LogP contribution in [0.25, 0.3) is 0 Å². The lowest BCUT2D eigenvalue weighted by molar-refractivity contribution is 0.0947. The first-order valence-electron chi connectivity index (χ1n) is 5.82. The zero-order valence-electron chi connectivity index (χ0n) is 10.7. The summed E-state index contributed by atoms with van der Waals surface area (Å²) < 4.78 is 18.6. The lowest BCUT2D eigenvalue weighted by Crippen LogP contribution is -2.24. The van der Waals surface area contributed by atoms with E-state index in [1.165, 1.54) is 37.7 Å². The second kappa shape index (κ2) is 6.34. The number of carbonyl (C=O) groups excluding carboxylic acids is 1. The Hall–Kier alpha value is -2.14. The number of hydrogen-bond acceptors (Lipinski definition) is 3. The summed E-state index contributed by atoms with van der Waals surface area (Å²) in [5.41, 5.74) is 0.603. The summed E-state index contributed by atoms with van der Waals surface area (Å²) in [6.07, 6.45) is 2.91. The molecule has 6 heteroatoms. The van der Waals surface area contributed by atoms with E-state index in [1.807, 2.05) is 0 Å². The number of rotatable bonds is 4. The Bertz CT molecular complexity index is 634. The third kappa shape index (κ3) is 3.24. The molecule has 2 rings (SSSR count). The van der Waals surface area contributed by atoms with Crippen LogP contribution in [-0.2, 0) is 6.54 Å². The molecule has 0 atom stereocenters. The van der Waals surface area contributed by atoms with E-state index in [-0.39, 0.29) is 12.1 Å². The molecule has 0 aliphatic heterocycles. The first-order valence-corrected chi connectivity index (χ1v) is 6.19. The highest BCUT2D eigenvalue weighted by Crippen LogP contribution is 2.17. The maximum atomic E-state index is 13.5. The third-order valence-electron chi connectivity index (χ3n) is 2.69. The molecule has 0 spiro atoms. The summed E-state index contributed by atoms with van der Waals surface area (Å²) >= 11 is 5.79. The summed E-state index contributed by atoms with van der Waals surface area (Å²) in [7, 11) is 1.46. The first kappa shape index (κ1) is 14.3. The number of halogens is 2. The molecule has 0 unspecified atom stereocenters. The molecule has 0 saturated carbocycles. The van der Waals surface area contributed by atoms with E-state index in [0.717, 1.165) is 0 Å². The molecule has 0 fully saturated rings. The van der Waals surface area contributed by atoms with E-state index < -0.39 is 11.7 Å². The number of nitrogens with one attached hydrogen (secondary N) is 1. The number of benzene rings is 1. The van der Waals surface area contributed by atoms with Gasteiger partial charge in [-0.3, -0.25) is 9.78 Å². The molecule has 4 nitrogen and oxygen atoms in total. The smallest absolute Gasteiger partial charge is 0.256 e. The van der Waals surface area contributed by atoms with Crippen molar-refractivity contribution in [3.05, 3.63) is 58.6 Å². The van der Waals surface area contributed by atoms with Crippen LogP contribution in [0, 0.1) is 5.82 Å². The van der Waals surface area contributed by atoms with E-state index in [0.29, 0.717) is 16.3 Å². The lowest BCUT2D eigenvalue weighted by Gasteiger charge is -2.09. The second-order valence-electron chi connectivity index (χ2n) is 3.99. The molecule has 0 radical (unpaired) electrons. The Morgan fingerprint density at radius 1 is 1.45 bits per heavy atom. The number of pyridine rings is 1. The highest BCUT2D eigenvalue weighted by molar-refractivity contribution is 6.30. The van der Waals surface area contributed by atoms with Gasteiger partial charge in [0, 0.05) is 29.5 Å². The molecule has 0 aliphatic rings. The molecule has 1 N–H and O–H groups in total. The Kier molecular flexibility index (Phi) is 4.53. The van der Waals surface area contributed by atoms with Gasteiger partial charge in [0.2, 0.25) is 0 Å². The Labute approximate surface area is 120 Å². The second-order valence-corrected chi connectivity index (χ2v) is 4.43. The van der Waals surface area contributed by atoms with E-state index in [9.17, 15) is 9.18 Å². The van der Waals surface area contributed by atoms with Crippen LogP contribution in [0.15, 0.2) is 36.7 Å². The SMILES string of the molecule is COc1ccncc1C(=O)NCc1cc(Cl)ccc1F. The number of hydrogen-bond donors (Lipinski definition) is 1. The van der Waals surface area contributed by atoms with E-state index in [4.69, 9.17) is 16.3 Å². The summed E-state index contributed by atoms with van der Waals surface area (Å²) in [6.45, 7) is 0.0310. The highest BCUT2D eigenvalue weighted by atomic mass is 35.5. The minimum absolute atomic E-state index is 0.0310. The van der Waals surface area contributed by atoms with Crippen molar-refractivity contribution in [2.24, 2.45) is 0 Å². The number of carbonyl (C=O) groups is 1. The van der Waals surface area contributed by atoms with Crippen LogP contribution < -0.4 is 10.1 Å². The standard InChI is InChI=1S/C14H12ClFN2O2/c1-20-13-4-5-17-8-11(13)14(19)18-7-9-6-10(15)2-3-12(9)16/h2-6,8H,7H2,1H3,(H,18,19). The summed E-state index contributed by atoms with van der Waals surface area (Å²) in [5, 5.41) is 3.01. The minimum atomic E-state index is -0.423. The van der Waals surface area contributed by atoms with E-state index in [2.05, 4.69) is 10.3 Å². The zero-order chi connectivity index (χ0) is 14.5. The number of methoxy groups -OCH3 is 1. The molecule has 0 bridgehead atoms. The van der Waals surface area contributed by atoms with Crippen molar-refractivity contribution in [2.45, 2.75) is 6.54 Å². The van der Waals surface area contributed by atoms with E-state index >= 15 is 0 Å². The van der Waals surface area contributed by atoms with Crippen molar-refractivity contribution in [3.63, 3.8) is 0 Å². The minimum Gasteiger partial charge on any atom is -0.496 e. The molecule has 1 heterocycles. The number of amides is 1. The maximum absolute atomic E-state index is 13.5. The Balaban J connectivity index is 2.11. The lowest BCUT2D eigenvalue weighted by atomic mass is 10.2. The topological polar surface area (TPSA) is 51.2 Å². The number of nitrogens with zero attached hydrogens (tertiary/aromatic N) is 1. The van der Waals surface area contributed by atoms with Crippen molar-refractivity contribution >= 4 is 17.5 Å². The Morgan fingerprint density at radius 2 is 2.25 bits per heavy atom. The van der Waals surface area contributed by atoms with Crippen LogP contribution in [0.3, 0.4) is 0 Å². The molecule has 1 aromatic heterocycles. The quantitative estimate of drug-likeness (QED) is 0.943. The highest BCUT2D eigenvalue weighted by Gasteiger charge is 2.12. The molecular weight excluding hydrogens is 283 g/mol. The van der Waals surface area contributed by atoms with Gasteiger partial charge < -0.3 is 10.1 Å². The van der Waals surface area contributed by atoms with Crippen LogP contribution in [0.5, 0.6) is 5.75 Å². The number of aromatic nitrogens is 1. The fraction of sp³-hybridized carbons (Fsp3) is 0.143. The first-order chi connectivity index (χ1) is 9.61. The summed E-state index contributed by atoms with van der Waals surface area (Å²) in [5.74, 6) is -0.411. The average Bonchev–Trinajstić information content (AvgIpc) is 2.47. The fourth-order valence-corrected chi connectivity index (χ4v) is 1.87. The number of ether oxygens (including phenoxy) is 1. The molecule has 104 valence electrons. The summed E-state index contributed by atoms with van der Waals surface area (Å²) in [4.78, 5) is 15.9.